The lowest BCUT2D eigenvalue weighted by atomic mass is 10.1. The van der Waals surface area contributed by atoms with Crippen molar-refractivity contribution in [3.05, 3.63) is 53.3 Å². The molecule has 0 radical (unpaired) electrons. The predicted octanol–water partition coefficient (Wildman–Crippen LogP) is 4.03. The summed E-state index contributed by atoms with van der Waals surface area (Å²) in [6.45, 7) is 4.26. The van der Waals surface area contributed by atoms with Gasteiger partial charge in [-0.3, -0.25) is 4.79 Å². The Morgan fingerprint density at radius 2 is 1.96 bits per heavy atom. The van der Waals surface area contributed by atoms with E-state index in [0.717, 1.165) is 18.5 Å². The molecule has 3 rings (SSSR count). The van der Waals surface area contributed by atoms with Gasteiger partial charge >= 0.3 is 0 Å². The summed E-state index contributed by atoms with van der Waals surface area (Å²) < 4.78 is 8.02. The summed E-state index contributed by atoms with van der Waals surface area (Å²) in [6.07, 6.45) is 4.13. The number of ether oxygens (including phenoxy) is 1. The van der Waals surface area contributed by atoms with Crippen LogP contribution in [0.3, 0.4) is 0 Å². The molecule has 0 bridgehead atoms. The molecular formula is C19H23ClN2O2. The first kappa shape index (κ1) is 16.9. The van der Waals surface area contributed by atoms with E-state index in [2.05, 4.69) is 10.6 Å². The highest BCUT2D eigenvalue weighted by atomic mass is 35.5. The van der Waals surface area contributed by atoms with Gasteiger partial charge < -0.3 is 14.2 Å². The molecule has 0 unspecified atom stereocenters. The Morgan fingerprint density at radius 3 is 2.50 bits per heavy atom. The second-order valence-corrected chi connectivity index (χ2v) is 7.28. The molecule has 0 spiro atoms. The lowest BCUT2D eigenvalue weighted by Crippen LogP contribution is -2.49. The van der Waals surface area contributed by atoms with Crippen LogP contribution in [0.25, 0.3) is 0 Å². The zero-order chi connectivity index (χ0) is 17.3. The zero-order valence-corrected chi connectivity index (χ0v) is 15.1. The Bertz CT molecular complexity index is 717. The van der Waals surface area contributed by atoms with Crippen molar-refractivity contribution in [2.45, 2.75) is 44.9 Å². The number of amides is 1. The Hall–Kier alpha value is -1.94. The standard InChI is InChI=1S/C19H23ClN2O2/c1-19(2,24-17-10-6-14(20)7-11-17)18(23)22(15-8-9-15)13-16-5-4-12-21(16)3/h4-7,10-12,15H,8-9,13H2,1-3H3. The third kappa shape index (κ3) is 3.75. The molecule has 128 valence electrons. The van der Waals surface area contributed by atoms with E-state index in [1.165, 1.54) is 0 Å². The third-order valence-corrected chi connectivity index (χ3v) is 4.59. The van der Waals surface area contributed by atoms with E-state index in [1.807, 2.05) is 38.1 Å². The van der Waals surface area contributed by atoms with Crippen LogP contribution in [0.1, 0.15) is 32.4 Å². The van der Waals surface area contributed by atoms with Crippen molar-refractivity contribution in [3.8, 4) is 5.75 Å². The average Bonchev–Trinajstić information content (AvgIpc) is 3.30. The molecule has 1 amide bonds. The van der Waals surface area contributed by atoms with Gasteiger partial charge in [0.2, 0.25) is 0 Å². The van der Waals surface area contributed by atoms with Crippen LogP contribution >= 0.6 is 11.6 Å². The van der Waals surface area contributed by atoms with Crippen LogP contribution in [0, 0.1) is 0 Å². The molecule has 0 saturated heterocycles. The van der Waals surface area contributed by atoms with Gasteiger partial charge in [0, 0.05) is 30.0 Å². The van der Waals surface area contributed by atoms with Crippen LogP contribution in [0.2, 0.25) is 5.02 Å². The molecule has 2 aromatic rings. The maximum absolute atomic E-state index is 13.1. The summed E-state index contributed by atoms with van der Waals surface area (Å²) in [7, 11) is 2.00. The Kier molecular flexibility index (Phi) is 4.59. The van der Waals surface area contributed by atoms with Crippen molar-refractivity contribution in [2.24, 2.45) is 7.05 Å². The molecule has 0 atom stereocenters. The highest BCUT2D eigenvalue weighted by Crippen LogP contribution is 2.32. The maximum Gasteiger partial charge on any atom is 0.266 e. The number of aryl methyl sites for hydroxylation is 1. The fraction of sp³-hybridized carbons (Fsp3) is 0.421. The van der Waals surface area contributed by atoms with Crippen molar-refractivity contribution < 1.29 is 9.53 Å². The monoisotopic (exact) mass is 346 g/mol. The van der Waals surface area contributed by atoms with E-state index >= 15 is 0 Å². The van der Waals surface area contributed by atoms with Crippen LogP contribution in [-0.4, -0.2) is 27.0 Å². The van der Waals surface area contributed by atoms with E-state index < -0.39 is 5.60 Å². The zero-order valence-electron chi connectivity index (χ0n) is 14.3. The van der Waals surface area contributed by atoms with Crippen LogP contribution in [0.4, 0.5) is 0 Å². The minimum Gasteiger partial charge on any atom is -0.478 e. The summed E-state index contributed by atoms with van der Waals surface area (Å²) in [5.41, 5.74) is 0.194. The quantitative estimate of drug-likeness (QED) is 0.791. The van der Waals surface area contributed by atoms with Crippen molar-refractivity contribution >= 4 is 17.5 Å². The number of hydrogen-bond acceptors (Lipinski definition) is 2. The number of halogens is 1. The van der Waals surface area contributed by atoms with Gasteiger partial charge in [-0.2, -0.15) is 0 Å². The SMILES string of the molecule is Cn1cccc1CN(C(=O)C(C)(C)Oc1ccc(Cl)cc1)C1CC1. The molecule has 5 heteroatoms. The molecule has 0 N–H and O–H groups in total. The van der Waals surface area contributed by atoms with Gasteiger partial charge in [0.15, 0.2) is 5.60 Å². The van der Waals surface area contributed by atoms with Crippen molar-refractivity contribution in [1.82, 2.24) is 9.47 Å². The number of aromatic nitrogens is 1. The lowest BCUT2D eigenvalue weighted by Gasteiger charge is -2.32. The van der Waals surface area contributed by atoms with E-state index in [9.17, 15) is 4.79 Å². The molecule has 1 aromatic carbocycles. The number of carbonyl (C=O) groups excluding carboxylic acids is 1. The number of carbonyl (C=O) groups is 1. The second-order valence-electron chi connectivity index (χ2n) is 6.84. The molecule has 1 fully saturated rings. The Labute approximate surface area is 148 Å². The molecule has 24 heavy (non-hydrogen) atoms. The predicted molar refractivity (Wildman–Crippen MR) is 95.1 cm³/mol. The van der Waals surface area contributed by atoms with Crippen LogP contribution < -0.4 is 4.74 Å². The van der Waals surface area contributed by atoms with Crippen molar-refractivity contribution in [1.29, 1.82) is 0 Å². The highest BCUT2D eigenvalue weighted by molar-refractivity contribution is 6.30. The highest BCUT2D eigenvalue weighted by Gasteiger charge is 2.41. The molecule has 1 saturated carbocycles. The summed E-state index contributed by atoms with van der Waals surface area (Å²) in [4.78, 5) is 15.1. The minimum atomic E-state index is -0.929. The molecule has 1 heterocycles. The summed E-state index contributed by atoms with van der Waals surface area (Å²) in [5, 5.41) is 0.648. The first-order chi connectivity index (χ1) is 11.4. The first-order valence-electron chi connectivity index (χ1n) is 8.23. The van der Waals surface area contributed by atoms with Gasteiger partial charge in [0.1, 0.15) is 5.75 Å². The summed E-state index contributed by atoms with van der Waals surface area (Å²) >= 11 is 5.91. The molecule has 1 aliphatic carbocycles. The molecule has 1 aromatic heterocycles. The van der Waals surface area contributed by atoms with Gasteiger partial charge in [-0.05, 0) is 63.1 Å². The molecule has 1 aliphatic rings. The molecule has 0 aliphatic heterocycles. The van der Waals surface area contributed by atoms with E-state index in [1.54, 1.807) is 24.3 Å². The van der Waals surface area contributed by atoms with Crippen molar-refractivity contribution in [2.75, 3.05) is 0 Å². The topological polar surface area (TPSA) is 34.5 Å². The largest absolute Gasteiger partial charge is 0.478 e. The van der Waals surface area contributed by atoms with Crippen LogP contribution in [0.5, 0.6) is 5.75 Å². The summed E-state index contributed by atoms with van der Waals surface area (Å²) in [6, 6.07) is 11.5. The molecular weight excluding hydrogens is 324 g/mol. The summed E-state index contributed by atoms with van der Waals surface area (Å²) in [5.74, 6) is 0.661. The molecule has 4 nitrogen and oxygen atoms in total. The van der Waals surface area contributed by atoms with E-state index in [4.69, 9.17) is 16.3 Å². The maximum atomic E-state index is 13.1. The van der Waals surface area contributed by atoms with Gasteiger partial charge in [-0.1, -0.05) is 11.6 Å². The normalized spacial score (nSPS) is 14.5. The smallest absolute Gasteiger partial charge is 0.266 e. The van der Waals surface area contributed by atoms with Gasteiger partial charge in [0.25, 0.3) is 5.91 Å². The first-order valence-corrected chi connectivity index (χ1v) is 8.60. The van der Waals surface area contributed by atoms with Gasteiger partial charge in [0.05, 0.1) is 6.54 Å². The van der Waals surface area contributed by atoms with Crippen LogP contribution in [0.15, 0.2) is 42.6 Å². The van der Waals surface area contributed by atoms with E-state index in [0.29, 0.717) is 23.4 Å². The fourth-order valence-corrected chi connectivity index (χ4v) is 2.90. The Balaban J connectivity index is 1.75. The number of benzene rings is 1. The van der Waals surface area contributed by atoms with Crippen molar-refractivity contribution in [3.63, 3.8) is 0 Å². The van der Waals surface area contributed by atoms with E-state index in [-0.39, 0.29) is 5.91 Å². The number of nitrogens with zero attached hydrogens (tertiary/aromatic N) is 2. The number of rotatable bonds is 6. The lowest BCUT2D eigenvalue weighted by molar-refractivity contribution is -0.146. The minimum absolute atomic E-state index is 0.0150. The fourth-order valence-electron chi connectivity index (χ4n) is 2.77. The number of hydrogen-bond donors (Lipinski definition) is 0. The Morgan fingerprint density at radius 1 is 1.29 bits per heavy atom. The van der Waals surface area contributed by atoms with Gasteiger partial charge in [-0.15, -0.1) is 0 Å². The second kappa shape index (κ2) is 6.52. The van der Waals surface area contributed by atoms with Gasteiger partial charge in [-0.25, -0.2) is 0 Å². The van der Waals surface area contributed by atoms with Crippen LogP contribution in [-0.2, 0) is 18.4 Å². The average molecular weight is 347 g/mol. The third-order valence-electron chi connectivity index (χ3n) is 4.33.